The minimum Gasteiger partial charge on any atom is -0.484 e. The van der Waals surface area contributed by atoms with Crippen LogP contribution in [0.4, 0.5) is 0 Å². The first-order valence-electron chi connectivity index (χ1n) is 11.1. The molecule has 1 aromatic carbocycles. The van der Waals surface area contributed by atoms with Gasteiger partial charge in [-0.25, -0.2) is 4.79 Å². The number of hydrogen-bond acceptors (Lipinski definition) is 6. The Morgan fingerprint density at radius 3 is 2.70 bits per heavy atom. The summed E-state index contributed by atoms with van der Waals surface area (Å²) in [7, 11) is 0. The molecule has 0 fully saturated rings. The van der Waals surface area contributed by atoms with E-state index in [1.165, 1.54) is 0 Å². The normalized spacial score (nSPS) is 21.7. The Morgan fingerprint density at radius 2 is 1.97 bits per heavy atom. The topological polar surface area (TPSA) is 77.8 Å². The highest BCUT2D eigenvalue weighted by Crippen LogP contribution is 2.47. The molecule has 1 aliphatic heterocycles. The second kappa shape index (κ2) is 9.21. The number of furan rings is 1. The summed E-state index contributed by atoms with van der Waals surface area (Å²) in [6.07, 6.45) is 2.49. The molecule has 33 heavy (non-hydrogen) atoms. The summed E-state index contributed by atoms with van der Waals surface area (Å²) < 4.78 is 18.2. The molecule has 0 saturated carbocycles. The van der Waals surface area contributed by atoms with Crippen LogP contribution in [0.15, 0.2) is 68.3 Å². The van der Waals surface area contributed by atoms with Gasteiger partial charge >= 0.3 is 5.97 Å². The van der Waals surface area contributed by atoms with Gasteiger partial charge in [0, 0.05) is 17.8 Å². The molecule has 2 atom stereocenters. The van der Waals surface area contributed by atoms with Crippen LogP contribution >= 0.6 is 15.9 Å². The first-order valence-corrected chi connectivity index (χ1v) is 11.9. The van der Waals surface area contributed by atoms with Crippen molar-refractivity contribution >= 4 is 27.7 Å². The van der Waals surface area contributed by atoms with Crippen molar-refractivity contribution in [1.82, 2.24) is 5.32 Å². The third kappa shape index (κ3) is 4.78. The maximum absolute atomic E-state index is 13.3. The molecule has 7 heteroatoms. The molecule has 174 valence electrons. The van der Waals surface area contributed by atoms with E-state index in [1.807, 2.05) is 57.2 Å². The van der Waals surface area contributed by atoms with Gasteiger partial charge in [-0.05, 0) is 59.5 Å². The van der Waals surface area contributed by atoms with Crippen LogP contribution < -0.4 is 10.1 Å². The Balaban J connectivity index is 1.69. The van der Waals surface area contributed by atoms with E-state index in [2.05, 4.69) is 27.3 Å². The average Bonchev–Trinajstić information content (AvgIpc) is 3.20. The van der Waals surface area contributed by atoms with Gasteiger partial charge in [0.2, 0.25) is 0 Å². The van der Waals surface area contributed by atoms with Crippen molar-refractivity contribution in [3.8, 4) is 5.75 Å². The van der Waals surface area contributed by atoms with Gasteiger partial charge in [0.05, 0.1) is 28.5 Å². The van der Waals surface area contributed by atoms with Crippen molar-refractivity contribution in [2.45, 2.75) is 46.6 Å². The summed E-state index contributed by atoms with van der Waals surface area (Å²) in [4.78, 5) is 26.2. The quantitative estimate of drug-likeness (QED) is 0.503. The molecule has 1 aliphatic carbocycles. The van der Waals surface area contributed by atoms with Crippen molar-refractivity contribution in [2.75, 3.05) is 6.61 Å². The van der Waals surface area contributed by atoms with Crippen molar-refractivity contribution in [3.05, 3.63) is 75.4 Å². The minimum atomic E-state index is -0.558. The fourth-order valence-corrected chi connectivity index (χ4v) is 5.00. The highest BCUT2D eigenvalue weighted by atomic mass is 79.9. The molecule has 0 amide bonds. The Morgan fingerprint density at radius 1 is 1.21 bits per heavy atom. The Kier molecular flexibility index (Phi) is 6.52. The average molecular weight is 514 g/mol. The fourth-order valence-electron chi connectivity index (χ4n) is 4.60. The number of esters is 1. The molecule has 2 aliphatic rings. The van der Waals surface area contributed by atoms with E-state index in [0.29, 0.717) is 35.0 Å². The van der Waals surface area contributed by atoms with Gasteiger partial charge in [0.15, 0.2) is 0 Å². The number of nitrogens with one attached hydrogen (secondary N) is 1. The van der Waals surface area contributed by atoms with E-state index < -0.39 is 17.8 Å². The van der Waals surface area contributed by atoms with E-state index in [-0.39, 0.29) is 24.4 Å². The van der Waals surface area contributed by atoms with Gasteiger partial charge in [-0.1, -0.05) is 32.1 Å². The van der Waals surface area contributed by atoms with Crippen LogP contribution in [-0.4, -0.2) is 18.4 Å². The molecule has 0 saturated heterocycles. The molecule has 2 aromatic rings. The second-order valence-corrected chi connectivity index (χ2v) is 9.95. The number of carbonyl (C=O) groups excluding carboxylic acids is 2. The number of carbonyl (C=O) groups is 2. The lowest BCUT2D eigenvalue weighted by Crippen LogP contribution is -2.43. The smallest absolute Gasteiger partial charge is 0.336 e. The Hall–Kier alpha value is -2.80. The number of benzene rings is 1. The molecule has 6 nitrogen and oxygen atoms in total. The number of rotatable bonds is 6. The SMILES string of the molecule is CCOC(=O)C1=C(C)NC2=CC(C)(C)CC(=O)C2C1c1ccc(COc2ccccc2Br)o1. The predicted molar refractivity (Wildman–Crippen MR) is 127 cm³/mol. The first-order chi connectivity index (χ1) is 15.7. The van der Waals surface area contributed by atoms with Crippen molar-refractivity contribution < 1.29 is 23.5 Å². The van der Waals surface area contributed by atoms with Gasteiger partial charge in [0.1, 0.15) is 29.7 Å². The highest BCUT2D eigenvalue weighted by Gasteiger charge is 2.47. The summed E-state index contributed by atoms with van der Waals surface area (Å²) in [6.45, 7) is 8.15. The number of Topliss-reactive ketones (excluding diaryl/α,β-unsaturated/α-hetero) is 1. The molecule has 1 N–H and O–H groups in total. The molecule has 0 spiro atoms. The van der Waals surface area contributed by atoms with E-state index in [4.69, 9.17) is 13.9 Å². The summed E-state index contributed by atoms with van der Waals surface area (Å²) in [5.41, 5.74) is 1.66. The van der Waals surface area contributed by atoms with Gasteiger partial charge in [-0.2, -0.15) is 0 Å². The molecule has 0 bridgehead atoms. The standard InChI is InChI=1S/C26H28BrNO5/c1-5-31-25(30)22-15(2)28-18-12-26(3,4)13-19(29)23(18)24(22)21-11-10-16(33-21)14-32-20-9-7-6-8-17(20)27/h6-12,23-24,28H,5,13-14H2,1-4H3. The number of hydrogen-bond donors (Lipinski definition) is 1. The van der Waals surface area contributed by atoms with Crippen molar-refractivity contribution in [1.29, 1.82) is 0 Å². The minimum absolute atomic E-state index is 0.0757. The number of fused-ring (bicyclic) bond motifs is 1. The molecule has 0 radical (unpaired) electrons. The number of allylic oxidation sites excluding steroid dienone is 3. The van der Waals surface area contributed by atoms with Crippen LogP contribution in [0, 0.1) is 11.3 Å². The van der Waals surface area contributed by atoms with Crippen molar-refractivity contribution in [2.24, 2.45) is 11.3 Å². The zero-order valence-corrected chi connectivity index (χ0v) is 20.8. The summed E-state index contributed by atoms with van der Waals surface area (Å²) in [5.74, 6) is 0.415. The summed E-state index contributed by atoms with van der Waals surface area (Å²) in [5, 5.41) is 3.30. The first kappa shape index (κ1) is 23.4. The Bertz CT molecular complexity index is 1140. The van der Waals surface area contributed by atoms with E-state index in [1.54, 1.807) is 6.92 Å². The predicted octanol–water partition coefficient (Wildman–Crippen LogP) is 5.64. The maximum atomic E-state index is 13.3. The van der Waals surface area contributed by atoms with Gasteiger partial charge in [-0.15, -0.1) is 0 Å². The Labute approximate surface area is 202 Å². The molecule has 2 heterocycles. The second-order valence-electron chi connectivity index (χ2n) is 9.09. The maximum Gasteiger partial charge on any atom is 0.336 e. The lowest BCUT2D eigenvalue weighted by Gasteiger charge is -2.40. The molecule has 4 rings (SSSR count). The van der Waals surface area contributed by atoms with Crippen LogP contribution in [0.25, 0.3) is 0 Å². The fraction of sp³-hybridized carbons (Fsp3) is 0.385. The van der Waals surface area contributed by atoms with Gasteiger partial charge < -0.3 is 19.2 Å². The molecule has 1 aromatic heterocycles. The van der Waals surface area contributed by atoms with Crippen LogP contribution in [0.3, 0.4) is 0 Å². The number of ether oxygens (including phenoxy) is 2. The number of ketones is 1. The van der Waals surface area contributed by atoms with Gasteiger partial charge in [-0.3, -0.25) is 4.79 Å². The largest absolute Gasteiger partial charge is 0.484 e. The number of halogens is 1. The third-order valence-electron chi connectivity index (χ3n) is 5.93. The number of para-hydroxylation sites is 1. The zero-order valence-electron chi connectivity index (χ0n) is 19.2. The molecular weight excluding hydrogens is 486 g/mol. The molecular formula is C26H28BrNO5. The van der Waals surface area contributed by atoms with E-state index in [0.717, 1.165) is 10.2 Å². The summed E-state index contributed by atoms with van der Waals surface area (Å²) >= 11 is 3.47. The van der Waals surface area contributed by atoms with Gasteiger partial charge in [0.25, 0.3) is 0 Å². The van der Waals surface area contributed by atoms with Crippen LogP contribution in [0.5, 0.6) is 5.75 Å². The highest BCUT2D eigenvalue weighted by molar-refractivity contribution is 9.10. The van der Waals surface area contributed by atoms with Crippen molar-refractivity contribution in [3.63, 3.8) is 0 Å². The zero-order chi connectivity index (χ0) is 23.8. The van der Waals surface area contributed by atoms with E-state index >= 15 is 0 Å². The van der Waals surface area contributed by atoms with E-state index in [9.17, 15) is 9.59 Å². The third-order valence-corrected chi connectivity index (χ3v) is 6.58. The molecule has 2 unspecified atom stereocenters. The van der Waals surface area contributed by atoms with Crippen LogP contribution in [0.1, 0.15) is 51.6 Å². The monoisotopic (exact) mass is 513 g/mol. The lowest BCUT2D eigenvalue weighted by molar-refractivity contribution is -0.139. The lowest BCUT2D eigenvalue weighted by atomic mass is 9.67. The van der Waals surface area contributed by atoms with Crippen LogP contribution in [-0.2, 0) is 20.9 Å². The van der Waals surface area contributed by atoms with Crippen LogP contribution in [0.2, 0.25) is 0 Å². The summed E-state index contributed by atoms with van der Waals surface area (Å²) in [6, 6.07) is 11.2.